The SMILES string of the molecule is CONC(=O)[C@H]1C[C@H]1c1ccc(Cl)c(Cl)c1. The van der Waals surface area contributed by atoms with E-state index in [0.717, 1.165) is 12.0 Å². The highest BCUT2D eigenvalue weighted by molar-refractivity contribution is 6.42. The first-order chi connectivity index (χ1) is 7.63. The van der Waals surface area contributed by atoms with Crippen LogP contribution in [0.4, 0.5) is 0 Å². The maximum atomic E-state index is 11.4. The Morgan fingerprint density at radius 2 is 2.19 bits per heavy atom. The number of hydroxylamine groups is 1. The van der Waals surface area contributed by atoms with Crippen LogP contribution in [-0.2, 0) is 9.63 Å². The smallest absolute Gasteiger partial charge is 0.247 e. The van der Waals surface area contributed by atoms with Crippen molar-refractivity contribution in [3.05, 3.63) is 33.8 Å². The zero-order valence-corrected chi connectivity index (χ0v) is 10.2. The van der Waals surface area contributed by atoms with Crippen molar-refractivity contribution in [2.45, 2.75) is 12.3 Å². The van der Waals surface area contributed by atoms with Gasteiger partial charge >= 0.3 is 0 Å². The molecule has 1 amide bonds. The number of hydrogen-bond acceptors (Lipinski definition) is 2. The average Bonchev–Trinajstić information content (AvgIpc) is 3.02. The summed E-state index contributed by atoms with van der Waals surface area (Å²) in [4.78, 5) is 16.0. The standard InChI is InChI=1S/C11H11Cl2NO2/c1-16-14-11(15)8-5-7(8)6-2-3-9(12)10(13)4-6/h2-4,7-8H,5H2,1H3,(H,14,15)/t7-,8-/m0/s1. The second-order valence-electron chi connectivity index (χ2n) is 3.79. The van der Waals surface area contributed by atoms with E-state index in [-0.39, 0.29) is 17.7 Å². The minimum atomic E-state index is -0.0847. The number of halogens is 2. The second-order valence-corrected chi connectivity index (χ2v) is 4.61. The largest absolute Gasteiger partial charge is 0.277 e. The van der Waals surface area contributed by atoms with E-state index in [9.17, 15) is 4.79 Å². The van der Waals surface area contributed by atoms with Gasteiger partial charge in [0, 0.05) is 5.92 Å². The molecule has 0 saturated heterocycles. The van der Waals surface area contributed by atoms with Gasteiger partial charge in [-0.1, -0.05) is 29.3 Å². The molecule has 2 rings (SSSR count). The number of benzene rings is 1. The summed E-state index contributed by atoms with van der Waals surface area (Å²) in [7, 11) is 1.43. The molecule has 3 nitrogen and oxygen atoms in total. The van der Waals surface area contributed by atoms with Gasteiger partial charge in [-0.15, -0.1) is 0 Å². The topological polar surface area (TPSA) is 38.3 Å². The Kier molecular flexibility index (Phi) is 3.38. The van der Waals surface area contributed by atoms with Crippen LogP contribution in [0.1, 0.15) is 17.9 Å². The summed E-state index contributed by atoms with van der Waals surface area (Å²) in [6.45, 7) is 0. The van der Waals surface area contributed by atoms with E-state index < -0.39 is 0 Å². The molecule has 16 heavy (non-hydrogen) atoms. The predicted octanol–water partition coefficient (Wildman–Crippen LogP) is 2.77. The molecule has 2 atom stereocenters. The molecule has 1 aromatic rings. The van der Waals surface area contributed by atoms with Crippen molar-refractivity contribution in [2.24, 2.45) is 5.92 Å². The summed E-state index contributed by atoms with van der Waals surface area (Å²) in [6, 6.07) is 5.47. The summed E-state index contributed by atoms with van der Waals surface area (Å²) in [5, 5.41) is 1.06. The molecule has 0 unspecified atom stereocenters. The summed E-state index contributed by atoms with van der Waals surface area (Å²) >= 11 is 11.7. The van der Waals surface area contributed by atoms with Crippen LogP contribution in [-0.4, -0.2) is 13.0 Å². The molecule has 0 spiro atoms. The van der Waals surface area contributed by atoms with Crippen LogP contribution in [0.15, 0.2) is 18.2 Å². The first-order valence-electron chi connectivity index (χ1n) is 4.91. The minimum absolute atomic E-state index is 0.0165. The minimum Gasteiger partial charge on any atom is -0.277 e. The molecule has 0 heterocycles. The third-order valence-electron chi connectivity index (χ3n) is 2.70. The number of nitrogens with one attached hydrogen (secondary N) is 1. The van der Waals surface area contributed by atoms with Crippen molar-refractivity contribution in [3.63, 3.8) is 0 Å². The maximum Gasteiger partial charge on any atom is 0.247 e. The lowest BCUT2D eigenvalue weighted by atomic mass is 10.1. The molecule has 1 aliphatic rings. The number of amides is 1. The van der Waals surface area contributed by atoms with Gasteiger partial charge in [-0.2, -0.15) is 0 Å². The molecule has 86 valence electrons. The molecule has 0 aliphatic heterocycles. The molecule has 0 aromatic heterocycles. The third kappa shape index (κ3) is 2.32. The number of carbonyl (C=O) groups is 1. The number of carbonyl (C=O) groups excluding carboxylic acids is 1. The van der Waals surface area contributed by atoms with Crippen LogP contribution in [0, 0.1) is 5.92 Å². The molecular weight excluding hydrogens is 249 g/mol. The molecule has 5 heteroatoms. The maximum absolute atomic E-state index is 11.4. The average molecular weight is 260 g/mol. The summed E-state index contributed by atoms with van der Waals surface area (Å²) in [5.74, 6) is 0.126. The normalized spacial score (nSPS) is 22.9. The van der Waals surface area contributed by atoms with Gasteiger partial charge in [-0.05, 0) is 30.0 Å². The van der Waals surface area contributed by atoms with E-state index in [1.807, 2.05) is 12.1 Å². The van der Waals surface area contributed by atoms with Crippen molar-refractivity contribution in [1.82, 2.24) is 5.48 Å². The van der Waals surface area contributed by atoms with Crippen molar-refractivity contribution in [3.8, 4) is 0 Å². The van der Waals surface area contributed by atoms with Crippen LogP contribution in [0.5, 0.6) is 0 Å². The highest BCUT2D eigenvalue weighted by Gasteiger charge is 2.44. The summed E-state index contributed by atoms with van der Waals surface area (Å²) < 4.78 is 0. The van der Waals surface area contributed by atoms with E-state index >= 15 is 0 Å². The van der Waals surface area contributed by atoms with Gasteiger partial charge in [0.25, 0.3) is 0 Å². The second kappa shape index (κ2) is 4.62. The van der Waals surface area contributed by atoms with Gasteiger partial charge in [0.2, 0.25) is 5.91 Å². The molecule has 0 bridgehead atoms. The molecular formula is C11H11Cl2NO2. The molecule has 1 aromatic carbocycles. The van der Waals surface area contributed by atoms with E-state index in [1.54, 1.807) is 6.07 Å². The van der Waals surface area contributed by atoms with Crippen molar-refractivity contribution in [2.75, 3.05) is 7.11 Å². The quantitative estimate of drug-likeness (QED) is 0.848. The van der Waals surface area contributed by atoms with E-state index in [1.165, 1.54) is 7.11 Å². The Morgan fingerprint density at radius 3 is 2.81 bits per heavy atom. The Hall–Kier alpha value is -0.770. The summed E-state index contributed by atoms with van der Waals surface area (Å²) in [6.07, 6.45) is 0.827. The lowest BCUT2D eigenvalue weighted by Gasteiger charge is -2.03. The highest BCUT2D eigenvalue weighted by atomic mass is 35.5. The fourth-order valence-corrected chi connectivity index (χ4v) is 2.08. The van der Waals surface area contributed by atoms with Crippen LogP contribution >= 0.6 is 23.2 Å². The van der Waals surface area contributed by atoms with Crippen molar-refractivity contribution >= 4 is 29.1 Å². The summed E-state index contributed by atoms with van der Waals surface area (Å²) in [5.41, 5.74) is 3.38. The van der Waals surface area contributed by atoms with Crippen molar-refractivity contribution < 1.29 is 9.63 Å². The van der Waals surface area contributed by atoms with Gasteiger partial charge < -0.3 is 0 Å². The van der Waals surface area contributed by atoms with Crippen LogP contribution < -0.4 is 5.48 Å². The fraction of sp³-hybridized carbons (Fsp3) is 0.364. The monoisotopic (exact) mass is 259 g/mol. The first kappa shape index (κ1) is 11.7. The molecule has 1 fully saturated rings. The van der Waals surface area contributed by atoms with Gasteiger partial charge in [0.05, 0.1) is 17.2 Å². The Labute approximate surface area is 104 Å². The van der Waals surface area contributed by atoms with E-state index in [0.29, 0.717) is 10.0 Å². The molecule has 0 radical (unpaired) electrons. The van der Waals surface area contributed by atoms with Crippen LogP contribution in [0.3, 0.4) is 0 Å². The van der Waals surface area contributed by atoms with E-state index in [2.05, 4.69) is 10.3 Å². The highest BCUT2D eigenvalue weighted by Crippen LogP contribution is 2.48. The van der Waals surface area contributed by atoms with Crippen LogP contribution in [0.25, 0.3) is 0 Å². The van der Waals surface area contributed by atoms with Gasteiger partial charge in [-0.3, -0.25) is 9.63 Å². The molecule has 1 N–H and O–H groups in total. The number of hydrogen-bond donors (Lipinski definition) is 1. The lowest BCUT2D eigenvalue weighted by Crippen LogP contribution is -2.23. The fourth-order valence-electron chi connectivity index (χ4n) is 1.77. The zero-order valence-electron chi connectivity index (χ0n) is 8.67. The van der Waals surface area contributed by atoms with Crippen molar-refractivity contribution in [1.29, 1.82) is 0 Å². The van der Waals surface area contributed by atoms with Gasteiger partial charge in [0.1, 0.15) is 0 Å². The Bertz CT molecular complexity index is 422. The third-order valence-corrected chi connectivity index (χ3v) is 3.44. The zero-order chi connectivity index (χ0) is 11.7. The lowest BCUT2D eigenvalue weighted by molar-refractivity contribution is -0.132. The predicted molar refractivity (Wildman–Crippen MR) is 62.5 cm³/mol. The van der Waals surface area contributed by atoms with Gasteiger partial charge in [0.15, 0.2) is 0 Å². The molecule has 1 saturated carbocycles. The Morgan fingerprint density at radius 1 is 1.44 bits per heavy atom. The Balaban J connectivity index is 2.06. The molecule has 1 aliphatic carbocycles. The number of rotatable bonds is 3. The van der Waals surface area contributed by atoms with E-state index in [4.69, 9.17) is 23.2 Å². The first-order valence-corrected chi connectivity index (χ1v) is 5.67. The van der Waals surface area contributed by atoms with Gasteiger partial charge in [-0.25, -0.2) is 5.48 Å². The van der Waals surface area contributed by atoms with Crippen LogP contribution in [0.2, 0.25) is 10.0 Å².